The first kappa shape index (κ1) is 10.5. The van der Waals surface area contributed by atoms with Gasteiger partial charge in [0.25, 0.3) is 0 Å². The highest BCUT2D eigenvalue weighted by Gasteiger charge is 2.27. The van der Waals surface area contributed by atoms with E-state index >= 15 is 0 Å². The van der Waals surface area contributed by atoms with Crippen molar-refractivity contribution in [1.82, 2.24) is 10.3 Å². The molecule has 78 valence electrons. The predicted molar refractivity (Wildman–Crippen MR) is 62.1 cm³/mol. The Balaban J connectivity index is 2.20. The number of halogens is 1. The first-order valence-electron chi connectivity index (χ1n) is 4.62. The highest BCUT2D eigenvalue weighted by molar-refractivity contribution is 14.1. The van der Waals surface area contributed by atoms with Crippen LogP contribution in [0.4, 0.5) is 0 Å². The van der Waals surface area contributed by atoms with Gasteiger partial charge in [-0.1, -0.05) is 6.07 Å². The Morgan fingerprint density at radius 2 is 2.20 bits per heavy atom. The van der Waals surface area contributed by atoms with Crippen LogP contribution in [-0.2, 0) is 9.59 Å². The monoisotopic (exact) mass is 316 g/mol. The molecular formula is C10H9IN2O2. The molecule has 1 aromatic heterocycles. The third-order valence-electron chi connectivity index (χ3n) is 2.39. The summed E-state index contributed by atoms with van der Waals surface area (Å²) in [7, 11) is 0. The summed E-state index contributed by atoms with van der Waals surface area (Å²) >= 11 is 2.11. The van der Waals surface area contributed by atoms with Crippen LogP contribution in [0, 0.1) is 3.70 Å². The summed E-state index contributed by atoms with van der Waals surface area (Å²) in [6.07, 6.45) is 2.68. The molecule has 1 saturated heterocycles. The summed E-state index contributed by atoms with van der Waals surface area (Å²) in [5.41, 5.74) is 0.875. The lowest BCUT2D eigenvalue weighted by atomic mass is 9.92. The second kappa shape index (κ2) is 4.26. The lowest BCUT2D eigenvalue weighted by Crippen LogP contribution is -2.39. The molecule has 0 bridgehead atoms. The average molecular weight is 316 g/mol. The third-order valence-corrected chi connectivity index (χ3v) is 3.03. The van der Waals surface area contributed by atoms with Gasteiger partial charge in [0.1, 0.15) is 3.70 Å². The maximum absolute atomic E-state index is 11.5. The first-order valence-corrected chi connectivity index (χ1v) is 5.70. The SMILES string of the molecule is O=C1CCC(c2ccc(I)nc2)C(=O)N1. The number of nitrogens with zero attached hydrogens (tertiary/aromatic N) is 1. The van der Waals surface area contributed by atoms with Crippen LogP contribution >= 0.6 is 22.6 Å². The van der Waals surface area contributed by atoms with Gasteiger partial charge in [-0.05, 0) is 40.6 Å². The molecule has 1 aliphatic heterocycles. The molecule has 0 radical (unpaired) electrons. The lowest BCUT2D eigenvalue weighted by Gasteiger charge is -2.20. The number of piperidine rings is 1. The number of rotatable bonds is 1. The van der Waals surface area contributed by atoms with E-state index in [4.69, 9.17) is 0 Å². The zero-order valence-electron chi connectivity index (χ0n) is 7.87. The Hall–Kier alpha value is -0.980. The number of nitrogens with one attached hydrogen (secondary N) is 1. The Kier molecular flexibility index (Phi) is 2.99. The number of aromatic nitrogens is 1. The van der Waals surface area contributed by atoms with Crippen LogP contribution in [0.5, 0.6) is 0 Å². The number of carbonyl (C=O) groups is 2. The second-order valence-corrected chi connectivity index (χ2v) is 4.52. The molecule has 2 heterocycles. The van der Waals surface area contributed by atoms with Gasteiger partial charge >= 0.3 is 0 Å². The van der Waals surface area contributed by atoms with Crippen LogP contribution < -0.4 is 5.32 Å². The second-order valence-electron chi connectivity index (χ2n) is 3.42. The van der Waals surface area contributed by atoms with Gasteiger partial charge < -0.3 is 0 Å². The molecule has 1 N–H and O–H groups in total. The summed E-state index contributed by atoms with van der Waals surface area (Å²) in [5.74, 6) is -0.629. The summed E-state index contributed by atoms with van der Waals surface area (Å²) in [6, 6.07) is 3.74. The number of imide groups is 1. The van der Waals surface area contributed by atoms with Gasteiger partial charge in [-0.3, -0.25) is 19.9 Å². The first-order chi connectivity index (χ1) is 7.16. The quantitative estimate of drug-likeness (QED) is 0.481. The molecule has 2 amide bonds. The Labute approximate surface area is 101 Å². The molecule has 1 atom stereocenters. The molecule has 1 aromatic rings. The van der Waals surface area contributed by atoms with E-state index < -0.39 is 0 Å². The van der Waals surface area contributed by atoms with Crippen molar-refractivity contribution in [1.29, 1.82) is 0 Å². The van der Waals surface area contributed by atoms with Crippen LogP contribution in [0.15, 0.2) is 18.3 Å². The highest BCUT2D eigenvalue weighted by atomic mass is 127. The average Bonchev–Trinajstić information content (AvgIpc) is 2.20. The molecule has 4 nitrogen and oxygen atoms in total. The minimum absolute atomic E-state index is 0.185. The zero-order valence-corrected chi connectivity index (χ0v) is 10.0. The van der Waals surface area contributed by atoms with E-state index in [-0.39, 0.29) is 17.7 Å². The number of hydrogen-bond donors (Lipinski definition) is 1. The Morgan fingerprint density at radius 1 is 1.40 bits per heavy atom. The fourth-order valence-corrected chi connectivity index (χ4v) is 1.92. The van der Waals surface area contributed by atoms with Crippen molar-refractivity contribution < 1.29 is 9.59 Å². The number of hydrogen-bond acceptors (Lipinski definition) is 3. The van der Waals surface area contributed by atoms with Crippen molar-refractivity contribution in [3.8, 4) is 0 Å². The van der Waals surface area contributed by atoms with E-state index in [0.29, 0.717) is 12.8 Å². The van der Waals surface area contributed by atoms with Gasteiger partial charge in [-0.25, -0.2) is 0 Å². The largest absolute Gasteiger partial charge is 0.296 e. The van der Waals surface area contributed by atoms with Crippen molar-refractivity contribution >= 4 is 34.4 Å². The van der Waals surface area contributed by atoms with Crippen LogP contribution in [0.3, 0.4) is 0 Å². The van der Waals surface area contributed by atoms with Gasteiger partial charge in [0.2, 0.25) is 11.8 Å². The maximum atomic E-state index is 11.5. The number of pyridine rings is 1. The van der Waals surface area contributed by atoms with Gasteiger partial charge in [0.15, 0.2) is 0 Å². The van der Waals surface area contributed by atoms with Crippen molar-refractivity contribution in [3.05, 3.63) is 27.6 Å². The topological polar surface area (TPSA) is 59.1 Å². The van der Waals surface area contributed by atoms with Crippen molar-refractivity contribution in [2.24, 2.45) is 0 Å². The fraction of sp³-hybridized carbons (Fsp3) is 0.300. The van der Waals surface area contributed by atoms with Crippen LogP contribution in [-0.4, -0.2) is 16.8 Å². The molecular weight excluding hydrogens is 307 g/mol. The fourth-order valence-electron chi connectivity index (χ4n) is 1.60. The van der Waals surface area contributed by atoms with E-state index in [9.17, 15) is 9.59 Å². The minimum Gasteiger partial charge on any atom is -0.296 e. The normalized spacial score (nSPS) is 21.3. The van der Waals surface area contributed by atoms with Crippen LogP contribution in [0.25, 0.3) is 0 Å². The Bertz CT molecular complexity index is 402. The number of carbonyl (C=O) groups excluding carboxylic acids is 2. The summed E-state index contributed by atoms with van der Waals surface area (Å²) in [6.45, 7) is 0. The standard InChI is InChI=1S/C10H9IN2O2/c11-8-3-1-6(5-12-8)7-2-4-9(14)13-10(7)15/h1,3,5,7H,2,4H2,(H,13,14,15). The summed E-state index contributed by atoms with van der Waals surface area (Å²) in [4.78, 5) is 26.6. The molecule has 1 aliphatic rings. The molecule has 5 heteroatoms. The Morgan fingerprint density at radius 3 is 2.80 bits per heavy atom. The van der Waals surface area contributed by atoms with E-state index in [1.54, 1.807) is 6.20 Å². The summed E-state index contributed by atoms with van der Waals surface area (Å²) < 4.78 is 0.892. The smallest absolute Gasteiger partial charge is 0.234 e. The molecule has 15 heavy (non-hydrogen) atoms. The van der Waals surface area contributed by atoms with Crippen molar-refractivity contribution in [2.45, 2.75) is 18.8 Å². The van der Waals surface area contributed by atoms with E-state index in [1.165, 1.54) is 0 Å². The molecule has 1 unspecified atom stereocenters. The molecule has 0 aromatic carbocycles. The molecule has 0 spiro atoms. The third kappa shape index (κ3) is 2.34. The minimum atomic E-state index is -0.229. The zero-order chi connectivity index (χ0) is 10.8. The summed E-state index contributed by atoms with van der Waals surface area (Å²) in [5, 5.41) is 2.33. The lowest BCUT2D eigenvalue weighted by molar-refractivity contribution is -0.134. The van der Waals surface area contributed by atoms with Gasteiger partial charge in [0, 0.05) is 12.6 Å². The molecule has 0 aliphatic carbocycles. The van der Waals surface area contributed by atoms with Crippen LogP contribution in [0.1, 0.15) is 24.3 Å². The van der Waals surface area contributed by atoms with Crippen LogP contribution in [0.2, 0.25) is 0 Å². The van der Waals surface area contributed by atoms with Crippen molar-refractivity contribution in [2.75, 3.05) is 0 Å². The van der Waals surface area contributed by atoms with Gasteiger partial charge in [-0.15, -0.1) is 0 Å². The van der Waals surface area contributed by atoms with E-state index in [1.807, 2.05) is 12.1 Å². The highest BCUT2D eigenvalue weighted by Crippen LogP contribution is 2.24. The molecule has 0 saturated carbocycles. The molecule has 1 fully saturated rings. The molecule has 2 rings (SSSR count). The van der Waals surface area contributed by atoms with E-state index in [0.717, 1.165) is 9.26 Å². The number of amides is 2. The maximum Gasteiger partial charge on any atom is 0.234 e. The van der Waals surface area contributed by atoms with Gasteiger partial charge in [0.05, 0.1) is 5.92 Å². The predicted octanol–water partition coefficient (Wildman–Crippen LogP) is 1.21. The van der Waals surface area contributed by atoms with Gasteiger partial charge in [-0.2, -0.15) is 0 Å². The van der Waals surface area contributed by atoms with E-state index in [2.05, 4.69) is 32.9 Å². The van der Waals surface area contributed by atoms with Crippen molar-refractivity contribution in [3.63, 3.8) is 0 Å².